The SMILES string of the molecule is O=C(CSc1nc2ccccc2c(=O)n1-c1ccc(F)c(Cl)c1)NC1CCCCC1. The molecule has 1 amide bonds. The average molecular weight is 446 g/mol. The Kier molecular flexibility index (Phi) is 6.39. The van der Waals surface area contributed by atoms with Crippen molar-refractivity contribution in [3.8, 4) is 5.69 Å². The molecular weight excluding hydrogens is 425 g/mol. The van der Waals surface area contributed by atoms with Crippen LogP contribution in [0.3, 0.4) is 0 Å². The van der Waals surface area contributed by atoms with Gasteiger partial charge in [0.15, 0.2) is 5.16 Å². The number of carbonyl (C=O) groups is 1. The lowest BCUT2D eigenvalue weighted by atomic mass is 9.95. The molecule has 3 aromatic rings. The summed E-state index contributed by atoms with van der Waals surface area (Å²) >= 11 is 7.12. The Balaban J connectivity index is 1.66. The lowest BCUT2D eigenvalue weighted by Gasteiger charge is -2.22. The van der Waals surface area contributed by atoms with Crippen molar-refractivity contribution in [3.63, 3.8) is 0 Å². The van der Waals surface area contributed by atoms with Gasteiger partial charge in [-0.15, -0.1) is 0 Å². The number of hydrogen-bond acceptors (Lipinski definition) is 4. The van der Waals surface area contributed by atoms with Crippen molar-refractivity contribution in [2.24, 2.45) is 0 Å². The molecule has 0 bridgehead atoms. The molecule has 1 N–H and O–H groups in total. The van der Waals surface area contributed by atoms with Crippen LogP contribution in [0, 0.1) is 5.82 Å². The molecule has 0 saturated heterocycles. The summed E-state index contributed by atoms with van der Waals surface area (Å²) in [5.41, 5.74) is 0.653. The fourth-order valence-corrected chi connectivity index (χ4v) is 4.71. The number of fused-ring (bicyclic) bond motifs is 1. The van der Waals surface area contributed by atoms with E-state index in [2.05, 4.69) is 10.3 Å². The number of carbonyl (C=O) groups excluding carboxylic acids is 1. The zero-order valence-electron chi connectivity index (χ0n) is 16.2. The first-order valence-corrected chi connectivity index (χ1v) is 11.3. The predicted octanol–water partition coefficient (Wildman–Crippen LogP) is 4.72. The summed E-state index contributed by atoms with van der Waals surface area (Å²) in [5.74, 6) is -0.516. The number of aromatic nitrogens is 2. The summed E-state index contributed by atoms with van der Waals surface area (Å²) in [6.45, 7) is 0. The first-order chi connectivity index (χ1) is 14.5. The summed E-state index contributed by atoms with van der Waals surface area (Å²) in [6.07, 6.45) is 5.49. The highest BCUT2D eigenvalue weighted by molar-refractivity contribution is 7.99. The van der Waals surface area contributed by atoms with Crippen molar-refractivity contribution in [2.45, 2.75) is 43.3 Å². The summed E-state index contributed by atoms with van der Waals surface area (Å²) in [5, 5.41) is 3.79. The number of nitrogens with one attached hydrogen (secondary N) is 1. The smallest absolute Gasteiger partial charge is 0.266 e. The summed E-state index contributed by atoms with van der Waals surface area (Å²) in [6, 6.07) is 11.3. The molecule has 5 nitrogen and oxygen atoms in total. The third kappa shape index (κ3) is 4.52. The van der Waals surface area contributed by atoms with E-state index in [0.717, 1.165) is 25.7 Å². The highest BCUT2D eigenvalue weighted by atomic mass is 35.5. The van der Waals surface area contributed by atoms with E-state index in [1.54, 1.807) is 24.3 Å². The molecule has 0 aliphatic heterocycles. The molecule has 156 valence electrons. The van der Waals surface area contributed by atoms with Gasteiger partial charge in [-0.1, -0.05) is 54.8 Å². The van der Waals surface area contributed by atoms with Crippen LogP contribution in [0.1, 0.15) is 32.1 Å². The molecule has 1 heterocycles. The number of halogens is 2. The first kappa shape index (κ1) is 20.9. The molecule has 1 aromatic heterocycles. The Hall–Kier alpha value is -2.38. The molecule has 0 atom stereocenters. The average Bonchev–Trinajstić information content (AvgIpc) is 2.75. The topological polar surface area (TPSA) is 64.0 Å². The quantitative estimate of drug-likeness (QED) is 0.456. The van der Waals surface area contributed by atoms with E-state index < -0.39 is 5.82 Å². The van der Waals surface area contributed by atoms with Gasteiger partial charge in [-0.25, -0.2) is 9.37 Å². The van der Waals surface area contributed by atoms with Crippen LogP contribution in [0.2, 0.25) is 5.02 Å². The van der Waals surface area contributed by atoms with Crippen molar-refractivity contribution < 1.29 is 9.18 Å². The number of thioether (sulfide) groups is 1. The Morgan fingerprint density at radius 3 is 2.73 bits per heavy atom. The van der Waals surface area contributed by atoms with Crippen molar-refractivity contribution in [2.75, 3.05) is 5.75 Å². The highest BCUT2D eigenvalue weighted by Gasteiger charge is 2.18. The van der Waals surface area contributed by atoms with Gasteiger partial charge in [0.05, 0.1) is 27.4 Å². The Labute approximate surface area is 182 Å². The number of nitrogens with zero attached hydrogens (tertiary/aromatic N) is 2. The maximum Gasteiger partial charge on any atom is 0.266 e. The van der Waals surface area contributed by atoms with Gasteiger partial charge in [-0.05, 0) is 43.2 Å². The van der Waals surface area contributed by atoms with E-state index in [-0.39, 0.29) is 28.3 Å². The van der Waals surface area contributed by atoms with Crippen molar-refractivity contribution in [1.82, 2.24) is 14.9 Å². The fraction of sp³-hybridized carbons (Fsp3) is 0.318. The van der Waals surface area contributed by atoms with E-state index in [1.807, 2.05) is 0 Å². The molecule has 0 unspecified atom stereocenters. The predicted molar refractivity (Wildman–Crippen MR) is 118 cm³/mol. The second kappa shape index (κ2) is 9.18. The summed E-state index contributed by atoms with van der Waals surface area (Å²) < 4.78 is 15.0. The van der Waals surface area contributed by atoms with Crippen LogP contribution in [-0.2, 0) is 4.79 Å². The molecular formula is C22H21ClFN3O2S. The van der Waals surface area contributed by atoms with Gasteiger partial charge < -0.3 is 5.32 Å². The number of rotatable bonds is 5. The van der Waals surface area contributed by atoms with Gasteiger partial charge in [0.25, 0.3) is 5.56 Å². The molecule has 2 aromatic carbocycles. The van der Waals surface area contributed by atoms with E-state index >= 15 is 0 Å². The molecule has 1 saturated carbocycles. The third-order valence-electron chi connectivity index (χ3n) is 5.21. The first-order valence-electron chi connectivity index (χ1n) is 9.92. The lowest BCUT2D eigenvalue weighted by Crippen LogP contribution is -2.37. The molecule has 1 aliphatic rings. The lowest BCUT2D eigenvalue weighted by molar-refractivity contribution is -0.119. The summed E-state index contributed by atoms with van der Waals surface area (Å²) in [4.78, 5) is 30.2. The zero-order valence-corrected chi connectivity index (χ0v) is 17.8. The molecule has 8 heteroatoms. The zero-order chi connectivity index (χ0) is 21.1. The van der Waals surface area contributed by atoms with Gasteiger partial charge in [0.1, 0.15) is 5.82 Å². The van der Waals surface area contributed by atoms with E-state index in [4.69, 9.17) is 11.6 Å². The largest absolute Gasteiger partial charge is 0.353 e. The van der Waals surface area contributed by atoms with Crippen LogP contribution in [-0.4, -0.2) is 27.3 Å². The third-order valence-corrected chi connectivity index (χ3v) is 6.44. The van der Waals surface area contributed by atoms with E-state index in [1.165, 1.54) is 40.9 Å². The number of para-hydroxylation sites is 1. The standard InChI is InChI=1S/C22H21ClFN3O2S/c23-17-12-15(10-11-18(17)24)27-21(29)16-8-4-5-9-19(16)26-22(27)30-13-20(28)25-14-6-2-1-3-7-14/h4-5,8-12,14H,1-3,6-7,13H2,(H,25,28). The minimum Gasteiger partial charge on any atom is -0.353 e. The van der Waals surface area contributed by atoms with Crippen LogP contribution in [0.4, 0.5) is 4.39 Å². The van der Waals surface area contributed by atoms with Crippen LogP contribution in [0.25, 0.3) is 16.6 Å². The Morgan fingerprint density at radius 1 is 1.20 bits per heavy atom. The van der Waals surface area contributed by atoms with Crippen molar-refractivity contribution >= 4 is 40.2 Å². The molecule has 0 radical (unpaired) electrons. The fourth-order valence-electron chi connectivity index (χ4n) is 3.71. The molecule has 1 aliphatic carbocycles. The Morgan fingerprint density at radius 2 is 1.97 bits per heavy atom. The molecule has 4 rings (SSSR count). The van der Waals surface area contributed by atoms with Crippen LogP contribution < -0.4 is 10.9 Å². The normalized spacial score (nSPS) is 14.7. The van der Waals surface area contributed by atoms with Gasteiger partial charge >= 0.3 is 0 Å². The number of benzene rings is 2. The second-order valence-corrected chi connectivity index (χ2v) is 8.69. The van der Waals surface area contributed by atoms with Crippen LogP contribution >= 0.6 is 23.4 Å². The maximum absolute atomic E-state index is 13.7. The van der Waals surface area contributed by atoms with Crippen molar-refractivity contribution in [3.05, 3.63) is 63.7 Å². The highest BCUT2D eigenvalue weighted by Crippen LogP contribution is 2.24. The minimum absolute atomic E-state index is 0.0847. The van der Waals surface area contributed by atoms with Crippen LogP contribution in [0.5, 0.6) is 0 Å². The van der Waals surface area contributed by atoms with Crippen molar-refractivity contribution in [1.29, 1.82) is 0 Å². The summed E-state index contributed by atoms with van der Waals surface area (Å²) in [7, 11) is 0. The molecule has 0 spiro atoms. The number of hydrogen-bond donors (Lipinski definition) is 1. The molecule has 30 heavy (non-hydrogen) atoms. The van der Waals surface area contributed by atoms with Gasteiger partial charge in [0.2, 0.25) is 5.91 Å². The maximum atomic E-state index is 13.7. The second-order valence-electron chi connectivity index (χ2n) is 7.34. The Bertz CT molecular complexity index is 1140. The molecule has 1 fully saturated rings. The number of amides is 1. The van der Waals surface area contributed by atoms with Gasteiger partial charge in [0, 0.05) is 6.04 Å². The van der Waals surface area contributed by atoms with Gasteiger partial charge in [-0.3, -0.25) is 14.2 Å². The van der Waals surface area contributed by atoms with E-state index in [9.17, 15) is 14.0 Å². The monoisotopic (exact) mass is 445 g/mol. The van der Waals surface area contributed by atoms with E-state index in [0.29, 0.717) is 21.7 Å². The minimum atomic E-state index is -0.566. The van der Waals surface area contributed by atoms with Gasteiger partial charge in [-0.2, -0.15) is 0 Å². The van der Waals surface area contributed by atoms with Crippen LogP contribution in [0.15, 0.2) is 52.4 Å².